The number of rotatable bonds is 2. The van der Waals surface area contributed by atoms with Crippen molar-refractivity contribution in [2.45, 2.75) is 26.4 Å². The number of nitrogens with two attached hydrogens (primary N) is 1. The minimum Gasteiger partial charge on any atom is -0.322 e. The Labute approximate surface area is 60.1 Å². The molecule has 1 heterocycles. The normalized spacial score (nSPS) is 13.5. The van der Waals surface area contributed by atoms with Crippen LogP contribution in [-0.4, -0.2) is 14.8 Å². The van der Waals surface area contributed by atoms with Crippen LogP contribution in [0, 0.1) is 0 Å². The fourth-order valence-corrected chi connectivity index (χ4v) is 0.860. The minimum atomic E-state index is -0.0255. The van der Waals surface area contributed by atoms with Crippen LogP contribution < -0.4 is 5.73 Å². The largest absolute Gasteiger partial charge is 0.322 e. The molecule has 4 heteroatoms. The number of nitrogens with zero attached hydrogens (tertiary/aromatic N) is 3. The molecule has 0 aromatic carbocycles. The third-order valence-electron chi connectivity index (χ3n) is 1.39. The van der Waals surface area contributed by atoms with Gasteiger partial charge < -0.3 is 10.3 Å². The topological polar surface area (TPSA) is 56.7 Å². The molecule has 4 nitrogen and oxygen atoms in total. The van der Waals surface area contributed by atoms with Gasteiger partial charge in [0.15, 0.2) is 0 Å². The van der Waals surface area contributed by atoms with Gasteiger partial charge in [0, 0.05) is 6.54 Å². The Morgan fingerprint density at radius 3 is 2.90 bits per heavy atom. The highest BCUT2D eigenvalue weighted by molar-refractivity contribution is 4.90. The lowest BCUT2D eigenvalue weighted by atomic mass is 10.3. The fraction of sp³-hybridized carbons (Fsp3) is 0.667. The molecule has 0 radical (unpaired) electrons. The van der Waals surface area contributed by atoms with E-state index < -0.39 is 0 Å². The van der Waals surface area contributed by atoms with E-state index in [1.54, 1.807) is 6.33 Å². The highest BCUT2D eigenvalue weighted by Crippen LogP contribution is 2.03. The molecule has 1 aromatic rings. The third kappa shape index (κ3) is 1.16. The van der Waals surface area contributed by atoms with Crippen LogP contribution in [0.1, 0.15) is 25.7 Å². The number of aryl methyl sites for hydroxylation is 1. The van der Waals surface area contributed by atoms with Crippen LogP contribution in [0.2, 0.25) is 0 Å². The summed E-state index contributed by atoms with van der Waals surface area (Å²) >= 11 is 0. The van der Waals surface area contributed by atoms with Gasteiger partial charge in [0.05, 0.1) is 6.04 Å². The summed E-state index contributed by atoms with van der Waals surface area (Å²) in [6.45, 7) is 4.81. The molecule has 0 fully saturated rings. The van der Waals surface area contributed by atoms with Crippen molar-refractivity contribution in [2.24, 2.45) is 5.73 Å². The van der Waals surface area contributed by atoms with E-state index in [1.807, 2.05) is 18.4 Å². The van der Waals surface area contributed by atoms with Crippen LogP contribution >= 0.6 is 0 Å². The van der Waals surface area contributed by atoms with Gasteiger partial charge >= 0.3 is 0 Å². The molecular formula is C6H12N4. The fourth-order valence-electron chi connectivity index (χ4n) is 0.860. The molecule has 0 aliphatic heterocycles. The molecule has 56 valence electrons. The van der Waals surface area contributed by atoms with Crippen molar-refractivity contribution in [3.63, 3.8) is 0 Å². The summed E-state index contributed by atoms with van der Waals surface area (Å²) in [4.78, 5) is 0. The molecule has 1 aromatic heterocycles. The van der Waals surface area contributed by atoms with Crippen molar-refractivity contribution < 1.29 is 0 Å². The molecule has 0 spiro atoms. The lowest BCUT2D eigenvalue weighted by Gasteiger charge is -2.04. The van der Waals surface area contributed by atoms with Gasteiger partial charge in [-0.1, -0.05) is 0 Å². The third-order valence-corrected chi connectivity index (χ3v) is 1.39. The summed E-state index contributed by atoms with van der Waals surface area (Å²) in [5.74, 6) is 0.850. The predicted octanol–water partition coefficient (Wildman–Crippen LogP) is 0.318. The van der Waals surface area contributed by atoms with E-state index in [9.17, 15) is 0 Å². The first-order valence-corrected chi connectivity index (χ1v) is 3.39. The Hall–Kier alpha value is -0.900. The standard InChI is InChI=1S/C6H12N4/c1-3-10-4-8-9-6(10)5(2)7/h4-5H,3,7H2,1-2H3/t5-/m1/s1. The van der Waals surface area contributed by atoms with Gasteiger partial charge in [-0.15, -0.1) is 10.2 Å². The second-order valence-corrected chi connectivity index (χ2v) is 2.26. The van der Waals surface area contributed by atoms with Crippen LogP contribution in [-0.2, 0) is 6.54 Å². The maximum Gasteiger partial charge on any atom is 0.149 e. The van der Waals surface area contributed by atoms with Crippen molar-refractivity contribution >= 4 is 0 Å². The summed E-state index contributed by atoms with van der Waals surface area (Å²) in [5.41, 5.74) is 5.61. The highest BCUT2D eigenvalue weighted by atomic mass is 15.3. The second-order valence-electron chi connectivity index (χ2n) is 2.26. The molecule has 0 amide bonds. The summed E-state index contributed by atoms with van der Waals surface area (Å²) in [6, 6.07) is -0.0255. The number of hydrogen-bond donors (Lipinski definition) is 1. The van der Waals surface area contributed by atoms with E-state index in [-0.39, 0.29) is 6.04 Å². The Bertz CT molecular complexity index is 203. The molecule has 2 N–H and O–H groups in total. The van der Waals surface area contributed by atoms with E-state index in [0.29, 0.717) is 0 Å². The summed E-state index contributed by atoms with van der Waals surface area (Å²) < 4.78 is 1.94. The molecule has 0 bridgehead atoms. The minimum absolute atomic E-state index is 0.0255. The van der Waals surface area contributed by atoms with Crippen molar-refractivity contribution in [3.8, 4) is 0 Å². The zero-order valence-corrected chi connectivity index (χ0v) is 6.28. The van der Waals surface area contributed by atoms with E-state index in [2.05, 4.69) is 10.2 Å². The van der Waals surface area contributed by atoms with Crippen molar-refractivity contribution in [3.05, 3.63) is 12.2 Å². The molecule has 0 saturated heterocycles. The first-order chi connectivity index (χ1) is 4.75. The molecule has 0 unspecified atom stereocenters. The Morgan fingerprint density at radius 1 is 1.80 bits per heavy atom. The van der Waals surface area contributed by atoms with Crippen LogP contribution in [0.15, 0.2) is 6.33 Å². The van der Waals surface area contributed by atoms with Crippen molar-refractivity contribution in [1.29, 1.82) is 0 Å². The molecule has 0 aliphatic carbocycles. The Morgan fingerprint density at radius 2 is 2.50 bits per heavy atom. The summed E-state index contributed by atoms with van der Waals surface area (Å²) in [6.07, 6.45) is 1.69. The SMILES string of the molecule is CCn1cnnc1[C@@H](C)N. The Balaban J connectivity index is 2.90. The van der Waals surface area contributed by atoms with Gasteiger partial charge in [0.2, 0.25) is 0 Å². The van der Waals surface area contributed by atoms with Crippen molar-refractivity contribution in [2.75, 3.05) is 0 Å². The zero-order chi connectivity index (χ0) is 7.56. The van der Waals surface area contributed by atoms with Gasteiger partial charge in [-0.2, -0.15) is 0 Å². The summed E-state index contributed by atoms with van der Waals surface area (Å²) in [5, 5.41) is 7.62. The first kappa shape index (κ1) is 7.21. The molecule has 1 atom stereocenters. The van der Waals surface area contributed by atoms with Gasteiger partial charge in [-0.05, 0) is 13.8 Å². The van der Waals surface area contributed by atoms with Gasteiger partial charge in [-0.3, -0.25) is 0 Å². The quantitative estimate of drug-likeness (QED) is 0.643. The number of hydrogen-bond acceptors (Lipinski definition) is 3. The number of aromatic nitrogens is 3. The second kappa shape index (κ2) is 2.79. The van der Waals surface area contributed by atoms with Crippen LogP contribution in [0.3, 0.4) is 0 Å². The van der Waals surface area contributed by atoms with Crippen LogP contribution in [0.4, 0.5) is 0 Å². The van der Waals surface area contributed by atoms with E-state index >= 15 is 0 Å². The first-order valence-electron chi connectivity index (χ1n) is 3.39. The van der Waals surface area contributed by atoms with E-state index in [0.717, 1.165) is 12.4 Å². The molecule has 0 saturated carbocycles. The molecule has 10 heavy (non-hydrogen) atoms. The van der Waals surface area contributed by atoms with E-state index in [1.165, 1.54) is 0 Å². The Kier molecular flexibility index (Phi) is 2.01. The maximum atomic E-state index is 5.61. The lowest BCUT2D eigenvalue weighted by Crippen LogP contribution is -2.12. The zero-order valence-electron chi connectivity index (χ0n) is 6.28. The molecule has 1 rings (SSSR count). The average molecular weight is 140 g/mol. The summed E-state index contributed by atoms with van der Waals surface area (Å²) in [7, 11) is 0. The van der Waals surface area contributed by atoms with E-state index in [4.69, 9.17) is 5.73 Å². The molecule has 0 aliphatic rings. The predicted molar refractivity (Wildman–Crippen MR) is 38.3 cm³/mol. The average Bonchev–Trinajstić information content (AvgIpc) is 2.33. The lowest BCUT2D eigenvalue weighted by molar-refractivity contribution is 0.636. The molecular weight excluding hydrogens is 128 g/mol. The van der Waals surface area contributed by atoms with Crippen LogP contribution in [0.25, 0.3) is 0 Å². The van der Waals surface area contributed by atoms with Crippen LogP contribution in [0.5, 0.6) is 0 Å². The smallest absolute Gasteiger partial charge is 0.149 e. The van der Waals surface area contributed by atoms with Gasteiger partial charge in [0.1, 0.15) is 12.2 Å². The van der Waals surface area contributed by atoms with Gasteiger partial charge in [-0.25, -0.2) is 0 Å². The van der Waals surface area contributed by atoms with Crippen molar-refractivity contribution in [1.82, 2.24) is 14.8 Å². The monoisotopic (exact) mass is 140 g/mol. The highest BCUT2D eigenvalue weighted by Gasteiger charge is 2.05. The van der Waals surface area contributed by atoms with Gasteiger partial charge in [0.25, 0.3) is 0 Å². The maximum absolute atomic E-state index is 5.61.